The summed E-state index contributed by atoms with van der Waals surface area (Å²) in [5.41, 5.74) is 2.89. The lowest BCUT2D eigenvalue weighted by molar-refractivity contribution is 0.601. The SMILES string of the molecule is Cc1cc(C)cc(S(=O)(=O)Nc2cc(C)cnc2Cl)c1. The molecule has 6 heteroatoms. The number of aryl methyl sites for hydroxylation is 3. The Balaban J connectivity index is 2.43. The van der Waals surface area contributed by atoms with Gasteiger partial charge in [0.1, 0.15) is 0 Å². The van der Waals surface area contributed by atoms with Gasteiger partial charge in [0.2, 0.25) is 0 Å². The highest BCUT2D eigenvalue weighted by Gasteiger charge is 2.17. The molecule has 0 fully saturated rings. The van der Waals surface area contributed by atoms with Crippen LogP contribution in [0.3, 0.4) is 0 Å². The van der Waals surface area contributed by atoms with Crippen LogP contribution in [0.25, 0.3) is 0 Å². The molecule has 0 saturated carbocycles. The lowest BCUT2D eigenvalue weighted by Crippen LogP contribution is -2.14. The molecule has 0 spiro atoms. The minimum atomic E-state index is -3.67. The zero-order valence-corrected chi connectivity index (χ0v) is 13.0. The Morgan fingerprint density at radius 1 is 1.00 bits per heavy atom. The predicted molar refractivity (Wildman–Crippen MR) is 80.7 cm³/mol. The number of sulfonamides is 1. The molecule has 1 N–H and O–H groups in total. The zero-order valence-electron chi connectivity index (χ0n) is 11.4. The first-order valence-corrected chi connectivity index (χ1v) is 7.87. The first kappa shape index (κ1) is 14.8. The molecule has 106 valence electrons. The Morgan fingerprint density at radius 3 is 2.20 bits per heavy atom. The Hall–Kier alpha value is -1.59. The highest BCUT2D eigenvalue weighted by atomic mass is 35.5. The molecule has 0 radical (unpaired) electrons. The lowest BCUT2D eigenvalue weighted by atomic mass is 10.2. The van der Waals surface area contributed by atoms with Crippen molar-refractivity contribution >= 4 is 27.3 Å². The number of aromatic nitrogens is 1. The molecule has 2 aromatic rings. The van der Waals surface area contributed by atoms with Crippen LogP contribution in [0.15, 0.2) is 35.4 Å². The molecule has 0 aliphatic carbocycles. The van der Waals surface area contributed by atoms with Crippen LogP contribution in [-0.2, 0) is 10.0 Å². The molecule has 0 saturated heterocycles. The van der Waals surface area contributed by atoms with Gasteiger partial charge in [-0.05, 0) is 55.7 Å². The normalized spacial score (nSPS) is 11.4. The van der Waals surface area contributed by atoms with Gasteiger partial charge in [0, 0.05) is 6.20 Å². The summed E-state index contributed by atoms with van der Waals surface area (Å²) >= 11 is 5.91. The second kappa shape index (κ2) is 5.42. The third-order valence-corrected chi connectivity index (χ3v) is 4.37. The van der Waals surface area contributed by atoms with Crippen LogP contribution in [0.4, 0.5) is 5.69 Å². The number of halogens is 1. The van der Waals surface area contributed by atoms with E-state index in [-0.39, 0.29) is 15.7 Å². The predicted octanol–water partition coefficient (Wildman–Crippen LogP) is 3.46. The largest absolute Gasteiger partial charge is 0.276 e. The number of pyridine rings is 1. The summed E-state index contributed by atoms with van der Waals surface area (Å²) in [5.74, 6) is 0. The number of nitrogens with one attached hydrogen (secondary N) is 1. The fourth-order valence-electron chi connectivity index (χ4n) is 1.92. The van der Waals surface area contributed by atoms with Crippen molar-refractivity contribution in [2.75, 3.05) is 4.72 Å². The van der Waals surface area contributed by atoms with E-state index in [0.29, 0.717) is 0 Å². The van der Waals surface area contributed by atoms with Gasteiger partial charge < -0.3 is 0 Å². The van der Waals surface area contributed by atoms with E-state index in [9.17, 15) is 8.42 Å². The Kier molecular flexibility index (Phi) is 4.01. The molecule has 2 rings (SSSR count). The summed E-state index contributed by atoms with van der Waals surface area (Å²) in [7, 11) is -3.67. The number of hydrogen-bond donors (Lipinski definition) is 1. The van der Waals surface area contributed by atoms with Crippen molar-refractivity contribution in [3.8, 4) is 0 Å². The summed E-state index contributed by atoms with van der Waals surface area (Å²) in [5, 5.41) is 0.128. The average Bonchev–Trinajstić information content (AvgIpc) is 2.32. The zero-order chi connectivity index (χ0) is 14.9. The maximum atomic E-state index is 12.4. The molecular weight excluding hydrogens is 296 g/mol. The quantitative estimate of drug-likeness (QED) is 0.883. The Morgan fingerprint density at radius 2 is 1.60 bits per heavy atom. The summed E-state index contributed by atoms with van der Waals surface area (Å²) in [6.45, 7) is 5.53. The van der Waals surface area contributed by atoms with Crippen LogP contribution in [0.2, 0.25) is 5.15 Å². The monoisotopic (exact) mass is 310 g/mol. The third-order valence-electron chi connectivity index (χ3n) is 2.73. The van der Waals surface area contributed by atoms with Crippen molar-refractivity contribution in [2.45, 2.75) is 25.7 Å². The molecular formula is C14H15ClN2O2S. The molecule has 0 aliphatic rings. The summed E-state index contributed by atoms with van der Waals surface area (Å²) < 4.78 is 27.2. The number of rotatable bonds is 3. The van der Waals surface area contributed by atoms with E-state index in [1.807, 2.05) is 26.8 Å². The van der Waals surface area contributed by atoms with Crippen molar-refractivity contribution in [1.82, 2.24) is 4.98 Å². The third kappa shape index (κ3) is 3.29. The molecule has 1 heterocycles. The van der Waals surface area contributed by atoms with E-state index in [1.54, 1.807) is 24.4 Å². The van der Waals surface area contributed by atoms with Gasteiger partial charge in [0.05, 0.1) is 10.6 Å². The molecule has 0 amide bonds. The molecule has 0 aliphatic heterocycles. The molecule has 1 aromatic heterocycles. The summed E-state index contributed by atoms with van der Waals surface area (Å²) in [6, 6.07) is 6.80. The second-order valence-electron chi connectivity index (χ2n) is 4.78. The number of nitrogens with zero attached hydrogens (tertiary/aromatic N) is 1. The van der Waals surface area contributed by atoms with E-state index in [4.69, 9.17) is 11.6 Å². The van der Waals surface area contributed by atoms with Gasteiger partial charge in [-0.2, -0.15) is 0 Å². The van der Waals surface area contributed by atoms with Gasteiger partial charge in [-0.1, -0.05) is 17.7 Å². The van der Waals surface area contributed by atoms with Crippen molar-refractivity contribution in [1.29, 1.82) is 0 Å². The number of anilines is 1. The van der Waals surface area contributed by atoms with E-state index in [2.05, 4.69) is 9.71 Å². The molecule has 0 unspecified atom stereocenters. The molecule has 0 bridgehead atoms. The molecule has 4 nitrogen and oxygen atoms in total. The van der Waals surface area contributed by atoms with Gasteiger partial charge in [0.25, 0.3) is 10.0 Å². The van der Waals surface area contributed by atoms with Crippen molar-refractivity contribution in [3.63, 3.8) is 0 Å². The highest BCUT2D eigenvalue weighted by Crippen LogP contribution is 2.24. The van der Waals surface area contributed by atoms with Gasteiger partial charge in [-0.3, -0.25) is 4.72 Å². The van der Waals surface area contributed by atoms with Crippen molar-refractivity contribution < 1.29 is 8.42 Å². The van der Waals surface area contributed by atoms with Gasteiger partial charge in [0.15, 0.2) is 5.15 Å². The van der Waals surface area contributed by atoms with E-state index in [0.717, 1.165) is 16.7 Å². The van der Waals surface area contributed by atoms with Crippen LogP contribution in [0.1, 0.15) is 16.7 Å². The van der Waals surface area contributed by atoms with Gasteiger partial charge in [-0.25, -0.2) is 13.4 Å². The summed E-state index contributed by atoms with van der Waals surface area (Å²) in [6.07, 6.45) is 1.58. The van der Waals surface area contributed by atoms with Crippen LogP contribution in [-0.4, -0.2) is 13.4 Å². The molecule has 0 atom stereocenters. The maximum absolute atomic E-state index is 12.4. The minimum absolute atomic E-state index is 0.128. The van der Waals surface area contributed by atoms with Crippen LogP contribution >= 0.6 is 11.6 Å². The lowest BCUT2D eigenvalue weighted by Gasteiger charge is -2.11. The van der Waals surface area contributed by atoms with Crippen LogP contribution in [0.5, 0.6) is 0 Å². The van der Waals surface area contributed by atoms with Gasteiger partial charge >= 0.3 is 0 Å². The highest BCUT2D eigenvalue weighted by molar-refractivity contribution is 7.92. The van der Waals surface area contributed by atoms with E-state index in [1.165, 1.54) is 0 Å². The van der Waals surface area contributed by atoms with Crippen LogP contribution in [0, 0.1) is 20.8 Å². The average molecular weight is 311 g/mol. The second-order valence-corrected chi connectivity index (χ2v) is 6.82. The fraction of sp³-hybridized carbons (Fsp3) is 0.214. The first-order chi connectivity index (χ1) is 9.28. The first-order valence-electron chi connectivity index (χ1n) is 6.01. The van der Waals surface area contributed by atoms with E-state index >= 15 is 0 Å². The Labute approximate surface area is 123 Å². The molecule has 1 aromatic carbocycles. The van der Waals surface area contributed by atoms with Crippen LogP contribution < -0.4 is 4.72 Å². The Bertz CT molecular complexity index is 738. The minimum Gasteiger partial charge on any atom is -0.276 e. The fourth-order valence-corrected chi connectivity index (χ4v) is 3.37. The van der Waals surface area contributed by atoms with Crippen molar-refractivity contribution in [3.05, 3.63) is 52.3 Å². The smallest absolute Gasteiger partial charge is 0.262 e. The molecule has 20 heavy (non-hydrogen) atoms. The number of hydrogen-bond acceptors (Lipinski definition) is 3. The van der Waals surface area contributed by atoms with Crippen molar-refractivity contribution in [2.24, 2.45) is 0 Å². The number of benzene rings is 1. The maximum Gasteiger partial charge on any atom is 0.262 e. The van der Waals surface area contributed by atoms with Gasteiger partial charge in [-0.15, -0.1) is 0 Å². The topological polar surface area (TPSA) is 59.1 Å². The summed E-state index contributed by atoms with van der Waals surface area (Å²) in [4.78, 5) is 4.15. The standard InChI is InChI=1S/C14H15ClN2O2S/c1-9-4-10(2)6-12(5-9)20(18,19)17-13-7-11(3)8-16-14(13)15/h4-8,17H,1-3H3. The van der Waals surface area contributed by atoms with E-state index < -0.39 is 10.0 Å².